The first-order valence-electron chi connectivity index (χ1n) is 6.80. The van der Waals surface area contributed by atoms with Gasteiger partial charge in [-0.1, -0.05) is 17.7 Å². The largest absolute Gasteiger partial charge is 0.321 e. The molecule has 0 saturated heterocycles. The molecule has 0 aliphatic heterocycles. The second kappa shape index (κ2) is 7.11. The SMILES string of the molecule is Cc1ccc([N+](=O)[O-])cc1NC(=O)c1cc([N+](=O)[O-])cc([N+](=O)[O-])c1Cl. The molecule has 0 atom stereocenters. The normalized spacial score (nSPS) is 10.2. The standard InChI is InChI=1S/C14H9ClN4O7/c1-7-2-3-8(17(21)22)5-11(7)16-14(20)10-4-9(18(23)24)6-12(13(10)15)19(25)26/h2-6H,1H3,(H,16,20). The van der Waals surface area contributed by atoms with Crippen molar-refractivity contribution in [2.24, 2.45) is 0 Å². The van der Waals surface area contributed by atoms with Crippen LogP contribution in [0.1, 0.15) is 15.9 Å². The van der Waals surface area contributed by atoms with E-state index in [1.807, 2.05) is 0 Å². The van der Waals surface area contributed by atoms with E-state index in [0.29, 0.717) is 11.6 Å². The van der Waals surface area contributed by atoms with Crippen molar-refractivity contribution in [2.45, 2.75) is 6.92 Å². The Hall–Kier alpha value is -3.60. The number of amides is 1. The van der Waals surface area contributed by atoms with Gasteiger partial charge in [0, 0.05) is 18.2 Å². The Kier molecular flexibility index (Phi) is 5.12. The van der Waals surface area contributed by atoms with Crippen LogP contribution in [0.25, 0.3) is 0 Å². The molecule has 26 heavy (non-hydrogen) atoms. The van der Waals surface area contributed by atoms with E-state index in [4.69, 9.17) is 11.6 Å². The Morgan fingerprint density at radius 2 is 1.58 bits per heavy atom. The molecule has 1 N–H and O–H groups in total. The summed E-state index contributed by atoms with van der Waals surface area (Å²) in [5.41, 5.74) is -1.75. The molecule has 2 rings (SSSR count). The van der Waals surface area contributed by atoms with Crippen LogP contribution in [-0.2, 0) is 0 Å². The van der Waals surface area contributed by atoms with Crippen molar-refractivity contribution in [3.8, 4) is 0 Å². The summed E-state index contributed by atoms with van der Waals surface area (Å²) in [6, 6.07) is 5.14. The van der Waals surface area contributed by atoms with Gasteiger partial charge in [-0.25, -0.2) is 0 Å². The summed E-state index contributed by atoms with van der Waals surface area (Å²) in [7, 11) is 0. The summed E-state index contributed by atoms with van der Waals surface area (Å²) in [4.78, 5) is 42.6. The number of rotatable bonds is 5. The predicted molar refractivity (Wildman–Crippen MR) is 90.5 cm³/mol. The maximum absolute atomic E-state index is 12.4. The number of nitrogens with one attached hydrogen (secondary N) is 1. The number of nitrogens with zero attached hydrogens (tertiary/aromatic N) is 3. The number of anilines is 1. The molecule has 134 valence electrons. The minimum atomic E-state index is -0.981. The molecule has 0 bridgehead atoms. The number of halogens is 1. The van der Waals surface area contributed by atoms with Crippen LogP contribution in [0.3, 0.4) is 0 Å². The highest BCUT2D eigenvalue weighted by atomic mass is 35.5. The topological polar surface area (TPSA) is 159 Å². The number of aryl methyl sites for hydroxylation is 1. The Balaban J connectivity index is 2.50. The van der Waals surface area contributed by atoms with Crippen LogP contribution in [0, 0.1) is 37.3 Å². The van der Waals surface area contributed by atoms with Gasteiger partial charge in [-0.15, -0.1) is 0 Å². The van der Waals surface area contributed by atoms with Crippen LogP contribution in [0.5, 0.6) is 0 Å². The van der Waals surface area contributed by atoms with Crippen LogP contribution in [0.4, 0.5) is 22.7 Å². The van der Waals surface area contributed by atoms with Gasteiger partial charge in [-0.2, -0.15) is 0 Å². The van der Waals surface area contributed by atoms with Crippen molar-refractivity contribution >= 4 is 40.3 Å². The van der Waals surface area contributed by atoms with Crippen LogP contribution >= 0.6 is 11.6 Å². The molecule has 1 amide bonds. The molecular weight excluding hydrogens is 372 g/mol. The Morgan fingerprint density at radius 3 is 2.12 bits per heavy atom. The fourth-order valence-corrected chi connectivity index (χ4v) is 2.31. The summed E-state index contributed by atoms with van der Waals surface area (Å²) in [6.07, 6.45) is 0. The third kappa shape index (κ3) is 3.72. The lowest BCUT2D eigenvalue weighted by Gasteiger charge is -2.09. The summed E-state index contributed by atoms with van der Waals surface area (Å²) < 4.78 is 0. The Bertz CT molecular complexity index is 961. The number of carbonyl (C=O) groups excluding carboxylic acids is 1. The van der Waals surface area contributed by atoms with Gasteiger partial charge in [0.15, 0.2) is 0 Å². The van der Waals surface area contributed by atoms with E-state index in [1.54, 1.807) is 6.92 Å². The van der Waals surface area contributed by atoms with E-state index in [1.165, 1.54) is 12.1 Å². The average Bonchev–Trinajstić information content (AvgIpc) is 2.56. The van der Waals surface area contributed by atoms with Gasteiger partial charge in [0.2, 0.25) is 0 Å². The molecule has 0 heterocycles. The predicted octanol–water partition coefficient (Wildman–Crippen LogP) is 3.63. The van der Waals surface area contributed by atoms with Gasteiger partial charge in [0.25, 0.3) is 23.0 Å². The summed E-state index contributed by atoms with van der Waals surface area (Å²) in [6.45, 7) is 1.57. The highest BCUT2D eigenvalue weighted by Gasteiger charge is 2.26. The molecule has 0 aliphatic carbocycles. The van der Waals surface area contributed by atoms with E-state index in [2.05, 4.69) is 5.32 Å². The minimum Gasteiger partial charge on any atom is -0.321 e. The first-order valence-corrected chi connectivity index (χ1v) is 7.18. The van der Waals surface area contributed by atoms with E-state index in [-0.39, 0.29) is 11.4 Å². The van der Waals surface area contributed by atoms with Crippen LogP contribution < -0.4 is 5.32 Å². The molecule has 0 saturated carbocycles. The van der Waals surface area contributed by atoms with Gasteiger partial charge in [-0.05, 0) is 12.5 Å². The molecule has 12 heteroatoms. The molecule has 2 aromatic rings. The van der Waals surface area contributed by atoms with Gasteiger partial charge >= 0.3 is 0 Å². The monoisotopic (exact) mass is 380 g/mol. The molecule has 0 aliphatic rings. The fraction of sp³-hybridized carbons (Fsp3) is 0.0714. The Morgan fingerprint density at radius 1 is 0.962 bits per heavy atom. The zero-order valence-electron chi connectivity index (χ0n) is 13.0. The van der Waals surface area contributed by atoms with E-state index in [9.17, 15) is 35.1 Å². The van der Waals surface area contributed by atoms with Crippen LogP contribution in [0.15, 0.2) is 30.3 Å². The van der Waals surface area contributed by atoms with Crippen molar-refractivity contribution in [1.82, 2.24) is 0 Å². The summed E-state index contributed by atoms with van der Waals surface area (Å²) in [5.74, 6) is -0.981. The smallest absolute Gasteiger partial charge is 0.295 e. The zero-order valence-corrected chi connectivity index (χ0v) is 13.7. The number of non-ortho nitro benzene ring substituents is 2. The number of nitro groups is 3. The van der Waals surface area contributed by atoms with E-state index >= 15 is 0 Å². The number of benzene rings is 2. The van der Waals surface area contributed by atoms with Crippen molar-refractivity contribution in [2.75, 3.05) is 5.32 Å². The van der Waals surface area contributed by atoms with Crippen molar-refractivity contribution in [1.29, 1.82) is 0 Å². The molecule has 0 aromatic heterocycles. The van der Waals surface area contributed by atoms with Gasteiger partial charge in [0.05, 0.1) is 32.1 Å². The maximum atomic E-state index is 12.4. The highest BCUT2D eigenvalue weighted by molar-refractivity contribution is 6.36. The van der Waals surface area contributed by atoms with E-state index < -0.39 is 42.6 Å². The second-order valence-electron chi connectivity index (χ2n) is 5.05. The quantitative estimate of drug-likeness (QED) is 0.612. The average molecular weight is 381 g/mol. The first-order chi connectivity index (χ1) is 12.1. The summed E-state index contributed by atoms with van der Waals surface area (Å²) in [5, 5.41) is 34.5. The number of carbonyl (C=O) groups is 1. The number of hydrogen-bond donors (Lipinski definition) is 1. The van der Waals surface area contributed by atoms with Gasteiger partial charge in [0.1, 0.15) is 5.02 Å². The highest BCUT2D eigenvalue weighted by Crippen LogP contribution is 2.33. The number of nitro benzene ring substituents is 3. The van der Waals surface area contributed by atoms with Crippen LogP contribution in [0.2, 0.25) is 5.02 Å². The third-order valence-electron chi connectivity index (χ3n) is 3.37. The zero-order chi connectivity index (χ0) is 19.6. The minimum absolute atomic E-state index is 0.0643. The lowest BCUT2D eigenvalue weighted by molar-refractivity contribution is -0.394. The second-order valence-corrected chi connectivity index (χ2v) is 5.43. The van der Waals surface area contributed by atoms with Crippen molar-refractivity contribution in [3.63, 3.8) is 0 Å². The van der Waals surface area contributed by atoms with Crippen molar-refractivity contribution in [3.05, 3.63) is 76.8 Å². The number of hydrogen-bond acceptors (Lipinski definition) is 7. The Labute approximate surface area is 149 Å². The van der Waals surface area contributed by atoms with Gasteiger partial charge in [-0.3, -0.25) is 35.1 Å². The molecule has 0 fully saturated rings. The first kappa shape index (κ1) is 18.7. The molecule has 0 unspecified atom stereocenters. The summed E-state index contributed by atoms with van der Waals surface area (Å²) >= 11 is 5.83. The molecular formula is C14H9ClN4O7. The van der Waals surface area contributed by atoms with Crippen molar-refractivity contribution < 1.29 is 19.6 Å². The lowest BCUT2D eigenvalue weighted by atomic mass is 10.1. The third-order valence-corrected chi connectivity index (χ3v) is 3.77. The van der Waals surface area contributed by atoms with Crippen LogP contribution in [-0.4, -0.2) is 20.7 Å². The molecule has 2 aromatic carbocycles. The van der Waals surface area contributed by atoms with E-state index in [0.717, 1.165) is 12.1 Å². The molecule has 0 spiro atoms. The van der Waals surface area contributed by atoms with Gasteiger partial charge < -0.3 is 5.32 Å². The maximum Gasteiger partial charge on any atom is 0.295 e. The molecule has 0 radical (unpaired) electrons. The molecule has 11 nitrogen and oxygen atoms in total. The lowest BCUT2D eigenvalue weighted by Crippen LogP contribution is -2.14. The fourth-order valence-electron chi connectivity index (χ4n) is 2.05.